The highest BCUT2D eigenvalue weighted by molar-refractivity contribution is 5.97. The van der Waals surface area contributed by atoms with Gasteiger partial charge in [0.15, 0.2) is 12.2 Å². The zero-order valence-corrected chi connectivity index (χ0v) is 34.2. The summed E-state index contributed by atoms with van der Waals surface area (Å²) in [6.07, 6.45) is -5.33. The van der Waals surface area contributed by atoms with Crippen molar-refractivity contribution in [3.63, 3.8) is 0 Å². The molecule has 1 aliphatic heterocycles. The molecule has 5 amide bonds. The molecule has 0 aromatic heterocycles. The Morgan fingerprint density at radius 1 is 0.776 bits per heavy atom. The Bertz CT molecular complexity index is 1650. The lowest BCUT2D eigenvalue weighted by atomic mass is 10.0. The second kappa shape index (κ2) is 21.7. The van der Waals surface area contributed by atoms with Crippen molar-refractivity contribution in [3.05, 3.63) is 35.9 Å². The van der Waals surface area contributed by atoms with E-state index < -0.39 is 127 Å². The van der Waals surface area contributed by atoms with E-state index >= 15 is 0 Å². The Hall–Kier alpha value is -5.79. The summed E-state index contributed by atoms with van der Waals surface area (Å²) in [7, 11) is 0. The van der Waals surface area contributed by atoms with Gasteiger partial charge in [0.1, 0.15) is 42.5 Å². The Labute approximate surface area is 336 Å². The fourth-order valence-corrected chi connectivity index (χ4v) is 5.02. The predicted molar refractivity (Wildman–Crippen MR) is 201 cm³/mol. The smallest absolute Gasteiger partial charge is 0.408 e. The molecule has 5 atom stereocenters. The van der Waals surface area contributed by atoms with Crippen molar-refractivity contribution >= 4 is 53.6 Å². The minimum absolute atomic E-state index is 0.00757. The first-order valence-corrected chi connectivity index (χ1v) is 18.6. The normalized spacial score (nSPS) is 16.3. The number of hydrazine groups is 1. The number of esters is 3. The summed E-state index contributed by atoms with van der Waals surface area (Å²) in [6.45, 7) is 13.0. The fourth-order valence-electron chi connectivity index (χ4n) is 5.02. The van der Waals surface area contributed by atoms with E-state index in [0.717, 1.165) is 0 Å². The number of amides is 5. The second-order valence-electron chi connectivity index (χ2n) is 15.5. The third kappa shape index (κ3) is 17.6. The van der Waals surface area contributed by atoms with Crippen molar-refractivity contribution in [2.75, 3.05) is 13.2 Å². The first-order valence-electron chi connectivity index (χ1n) is 18.6. The summed E-state index contributed by atoms with van der Waals surface area (Å²) in [6, 6.07) is 3.87. The van der Waals surface area contributed by atoms with Gasteiger partial charge >= 0.3 is 30.0 Å². The van der Waals surface area contributed by atoms with Crippen molar-refractivity contribution in [1.29, 1.82) is 0 Å². The van der Waals surface area contributed by atoms with Crippen molar-refractivity contribution < 1.29 is 71.9 Å². The number of nitrogens with one attached hydrogen (secondary N) is 4. The summed E-state index contributed by atoms with van der Waals surface area (Å²) in [5, 5.41) is 17.1. The molecule has 1 aromatic rings. The molecule has 0 radical (unpaired) electrons. The molecule has 0 aliphatic carbocycles. The molecule has 322 valence electrons. The number of carboxylic acids is 1. The number of carbonyl (C=O) groups is 9. The monoisotopic (exact) mass is 821 g/mol. The number of carbonyl (C=O) groups excluding carboxylic acids is 8. The molecule has 1 fully saturated rings. The lowest BCUT2D eigenvalue weighted by Gasteiger charge is -2.29. The van der Waals surface area contributed by atoms with E-state index in [9.17, 15) is 48.3 Å². The number of epoxide rings is 1. The third-order valence-corrected chi connectivity index (χ3v) is 7.61. The van der Waals surface area contributed by atoms with Crippen LogP contribution in [-0.2, 0) is 68.6 Å². The number of aliphatic carboxylic acids is 1. The Balaban J connectivity index is 2.35. The van der Waals surface area contributed by atoms with Gasteiger partial charge in [0.25, 0.3) is 11.8 Å². The van der Waals surface area contributed by atoms with Crippen LogP contribution in [0.3, 0.4) is 0 Å². The number of hydrogen-bond acceptors (Lipinski definition) is 14. The number of alkyl carbamates (subject to hydrolysis) is 1. The first-order chi connectivity index (χ1) is 26.9. The van der Waals surface area contributed by atoms with Crippen LogP contribution in [-0.4, -0.2) is 118 Å². The quantitative estimate of drug-likeness (QED) is 0.0564. The summed E-state index contributed by atoms with van der Waals surface area (Å²) >= 11 is 0. The minimum atomic E-state index is -1.65. The Morgan fingerprint density at radius 2 is 1.36 bits per heavy atom. The highest BCUT2D eigenvalue weighted by Crippen LogP contribution is 2.25. The van der Waals surface area contributed by atoms with Gasteiger partial charge in [-0.3, -0.25) is 39.0 Å². The lowest BCUT2D eigenvalue weighted by Crippen LogP contribution is -2.60. The maximum Gasteiger partial charge on any atom is 0.408 e. The van der Waals surface area contributed by atoms with Crippen LogP contribution in [0.4, 0.5) is 4.79 Å². The molecular weight excluding hydrogens is 766 g/mol. The average Bonchev–Trinajstić information content (AvgIpc) is 3.90. The van der Waals surface area contributed by atoms with Crippen LogP contribution in [0.1, 0.15) is 87.1 Å². The maximum absolute atomic E-state index is 13.9. The summed E-state index contributed by atoms with van der Waals surface area (Å²) in [4.78, 5) is 116. The van der Waals surface area contributed by atoms with Crippen LogP contribution < -0.4 is 21.4 Å². The standard InChI is InChI=1S/C38H55N5O15/c1-10-54-35(52)30-29(56-30)34(51)43(19-25(44)45)42-33(50)28(21(2)3)41-31(48)23(16-17-26(46)57-37(4,5)6)39-32(49)24(18-27(47)58-38(7,8)9)40-36(53)55-20-22-14-12-11-13-15-22/h11-15,21,23-24,28-30H,10,16-20H2,1-9H3,(H,39,49)(H,40,53)(H,41,48)(H,42,50)(H,44,45)/t23-,24-,28-,29-,30-/m0/s1. The third-order valence-electron chi connectivity index (χ3n) is 7.61. The minimum Gasteiger partial charge on any atom is -0.480 e. The molecule has 0 spiro atoms. The molecule has 1 aliphatic rings. The SMILES string of the molecule is CCOC(=O)[C@H]1O[C@@H]1C(=O)N(CC(=O)O)NC(=O)[C@@H](NC(=O)[C@H](CCC(=O)OC(C)(C)C)NC(=O)[C@H](CC(=O)OC(C)(C)C)NC(=O)OCc1ccccc1)C(C)C. The molecule has 1 aromatic carbocycles. The highest BCUT2D eigenvalue weighted by atomic mass is 16.6. The Morgan fingerprint density at radius 3 is 1.91 bits per heavy atom. The average molecular weight is 822 g/mol. The van der Waals surface area contributed by atoms with Gasteiger partial charge in [-0.25, -0.2) is 14.6 Å². The van der Waals surface area contributed by atoms with Gasteiger partial charge in [-0.05, 0) is 66.4 Å². The summed E-state index contributed by atoms with van der Waals surface area (Å²) in [5.74, 6) is -8.95. The van der Waals surface area contributed by atoms with Crippen LogP contribution in [0.25, 0.3) is 0 Å². The largest absolute Gasteiger partial charge is 0.480 e. The van der Waals surface area contributed by atoms with Gasteiger partial charge in [-0.2, -0.15) is 0 Å². The van der Waals surface area contributed by atoms with Gasteiger partial charge < -0.3 is 44.7 Å². The van der Waals surface area contributed by atoms with E-state index in [-0.39, 0.29) is 13.2 Å². The molecule has 2 rings (SSSR count). The van der Waals surface area contributed by atoms with E-state index in [0.29, 0.717) is 10.6 Å². The molecule has 58 heavy (non-hydrogen) atoms. The molecule has 0 bridgehead atoms. The van der Waals surface area contributed by atoms with Gasteiger partial charge in [0.2, 0.25) is 11.8 Å². The second-order valence-corrected chi connectivity index (χ2v) is 15.5. The molecular formula is C38H55N5O15. The molecule has 1 heterocycles. The van der Waals surface area contributed by atoms with Gasteiger partial charge in [0, 0.05) is 6.42 Å². The molecule has 20 heteroatoms. The van der Waals surface area contributed by atoms with E-state index in [1.54, 1.807) is 71.9 Å². The highest BCUT2D eigenvalue weighted by Gasteiger charge is 2.53. The summed E-state index contributed by atoms with van der Waals surface area (Å²) in [5.41, 5.74) is 0.915. The van der Waals surface area contributed by atoms with Crippen molar-refractivity contribution in [2.45, 2.75) is 130 Å². The van der Waals surface area contributed by atoms with Crippen LogP contribution in [0, 0.1) is 5.92 Å². The molecule has 5 N–H and O–H groups in total. The van der Waals surface area contributed by atoms with E-state index in [4.69, 9.17) is 23.7 Å². The first kappa shape index (κ1) is 48.4. The maximum atomic E-state index is 13.9. The van der Waals surface area contributed by atoms with Gasteiger partial charge in [0.05, 0.1) is 13.0 Å². The van der Waals surface area contributed by atoms with Gasteiger partial charge in [-0.15, -0.1) is 0 Å². The predicted octanol–water partition coefficient (Wildman–Crippen LogP) is 1.04. The summed E-state index contributed by atoms with van der Waals surface area (Å²) < 4.78 is 25.8. The zero-order chi connectivity index (χ0) is 44.0. The number of nitrogens with zero attached hydrogens (tertiary/aromatic N) is 1. The fraction of sp³-hybridized carbons (Fsp3) is 0.605. The Kier molecular flexibility index (Phi) is 18.1. The number of carboxylic acid groups (broad SMARTS) is 1. The zero-order valence-electron chi connectivity index (χ0n) is 34.2. The van der Waals surface area contributed by atoms with Crippen molar-refractivity contribution in [2.24, 2.45) is 5.92 Å². The van der Waals surface area contributed by atoms with Gasteiger partial charge in [-0.1, -0.05) is 44.2 Å². The van der Waals surface area contributed by atoms with Crippen LogP contribution in [0.5, 0.6) is 0 Å². The van der Waals surface area contributed by atoms with E-state index in [1.807, 2.05) is 0 Å². The molecule has 1 saturated heterocycles. The topological polar surface area (TPSA) is 275 Å². The van der Waals surface area contributed by atoms with E-state index in [1.165, 1.54) is 20.8 Å². The molecule has 20 nitrogen and oxygen atoms in total. The van der Waals surface area contributed by atoms with Crippen molar-refractivity contribution in [1.82, 2.24) is 26.4 Å². The van der Waals surface area contributed by atoms with Crippen molar-refractivity contribution in [3.8, 4) is 0 Å². The molecule has 0 unspecified atom stereocenters. The molecule has 0 saturated carbocycles. The number of rotatable bonds is 19. The lowest BCUT2D eigenvalue weighted by molar-refractivity contribution is -0.156. The van der Waals surface area contributed by atoms with E-state index in [2.05, 4.69) is 21.4 Å². The number of hydrogen-bond donors (Lipinski definition) is 5. The van der Waals surface area contributed by atoms with Crippen LogP contribution in [0.15, 0.2) is 30.3 Å². The number of ether oxygens (including phenoxy) is 5. The number of benzene rings is 1. The van der Waals surface area contributed by atoms with Crippen LogP contribution >= 0.6 is 0 Å². The van der Waals surface area contributed by atoms with Crippen LogP contribution in [0.2, 0.25) is 0 Å².